The van der Waals surface area contributed by atoms with Gasteiger partial charge in [-0.25, -0.2) is 4.52 Å². The second-order valence-electron chi connectivity index (χ2n) is 2.53. The van der Waals surface area contributed by atoms with Gasteiger partial charge in [-0.05, 0) is 18.2 Å². The van der Waals surface area contributed by atoms with Crippen LogP contribution >= 0.6 is 11.6 Å². The van der Waals surface area contributed by atoms with Gasteiger partial charge < -0.3 is 4.74 Å². The largest absolute Gasteiger partial charge is 0.432 e. The van der Waals surface area contributed by atoms with E-state index in [1.807, 2.05) is 0 Å². The third kappa shape index (κ3) is 1.50. The van der Waals surface area contributed by atoms with Gasteiger partial charge in [0.15, 0.2) is 10.9 Å². The Bertz CT molecular complexity index is 458. The number of fused-ring (bicyclic) bond motifs is 1. The molecule has 0 spiro atoms. The zero-order chi connectivity index (χ0) is 10.1. The van der Waals surface area contributed by atoms with Crippen LogP contribution in [0, 0.1) is 0 Å². The molecule has 0 radical (unpaired) electrons. The standard InChI is InChI=1S/C8H5ClF2N2O/c9-7-6(14-8(10)11)2-1-5-3-4-12-13(5)7/h1-4,8H. The molecular formula is C8H5ClF2N2O. The minimum Gasteiger partial charge on any atom is -0.432 e. The molecule has 2 aromatic heterocycles. The minimum absolute atomic E-state index is 0.0350. The molecule has 74 valence electrons. The molecule has 0 aromatic carbocycles. The van der Waals surface area contributed by atoms with Crippen molar-refractivity contribution in [3.63, 3.8) is 0 Å². The topological polar surface area (TPSA) is 26.5 Å². The molecule has 0 aliphatic heterocycles. The van der Waals surface area contributed by atoms with Gasteiger partial charge in [0, 0.05) is 0 Å². The van der Waals surface area contributed by atoms with Crippen LogP contribution in [0.4, 0.5) is 8.78 Å². The van der Waals surface area contributed by atoms with E-state index >= 15 is 0 Å². The maximum Gasteiger partial charge on any atom is 0.387 e. The molecule has 0 atom stereocenters. The summed E-state index contributed by atoms with van der Waals surface area (Å²) in [6.07, 6.45) is 1.52. The second-order valence-corrected chi connectivity index (χ2v) is 2.89. The Kier molecular flexibility index (Phi) is 2.25. The van der Waals surface area contributed by atoms with Gasteiger partial charge in [-0.1, -0.05) is 11.6 Å². The second kappa shape index (κ2) is 3.42. The summed E-state index contributed by atoms with van der Waals surface area (Å²) in [4.78, 5) is 0. The third-order valence-corrected chi connectivity index (χ3v) is 2.03. The number of rotatable bonds is 2. The van der Waals surface area contributed by atoms with Crippen LogP contribution in [-0.4, -0.2) is 16.2 Å². The lowest BCUT2D eigenvalue weighted by Crippen LogP contribution is -2.04. The summed E-state index contributed by atoms with van der Waals surface area (Å²) in [7, 11) is 0. The Labute approximate surface area is 82.9 Å². The van der Waals surface area contributed by atoms with Crippen molar-refractivity contribution in [1.29, 1.82) is 0 Å². The maximum absolute atomic E-state index is 11.9. The Morgan fingerprint density at radius 3 is 2.86 bits per heavy atom. The predicted molar refractivity (Wildman–Crippen MR) is 46.8 cm³/mol. The highest BCUT2D eigenvalue weighted by molar-refractivity contribution is 6.31. The highest BCUT2D eigenvalue weighted by atomic mass is 35.5. The Morgan fingerprint density at radius 1 is 1.36 bits per heavy atom. The minimum atomic E-state index is -2.89. The summed E-state index contributed by atoms with van der Waals surface area (Å²) in [5, 5.41) is 3.88. The predicted octanol–water partition coefficient (Wildman–Crippen LogP) is 2.59. The molecule has 3 nitrogen and oxygen atoms in total. The smallest absolute Gasteiger partial charge is 0.387 e. The van der Waals surface area contributed by atoms with E-state index in [1.165, 1.54) is 16.8 Å². The molecular weight excluding hydrogens is 214 g/mol. The van der Waals surface area contributed by atoms with E-state index in [1.54, 1.807) is 12.1 Å². The quantitative estimate of drug-likeness (QED) is 0.725. The summed E-state index contributed by atoms with van der Waals surface area (Å²) in [6.45, 7) is -2.89. The van der Waals surface area contributed by atoms with Crippen molar-refractivity contribution < 1.29 is 13.5 Å². The van der Waals surface area contributed by atoms with Gasteiger partial charge in [0.2, 0.25) is 0 Å². The molecule has 6 heteroatoms. The van der Waals surface area contributed by atoms with E-state index in [0.717, 1.165) is 5.52 Å². The molecule has 0 N–H and O–H groups in total. The molecule has 2 rings (SSSR count). The first-order valence-corrected chi connectivity index (χ1v) is 4.13. The van der Waals surface area contributed by atoms with Crippen LogP contribution < -0.4 is 4.74 Å². The first kappa shape index (κ1) is 9.21. The Balaban J connectivity index is 2.51. The Morgan fingerprint density at radius 2 is 2.14 bits per heavy atom. The molecule has 0 saturated heterocycles. The van der Waals surface area contributed by atoms with Crippen LogP contribution in [0.1, 0.15) is 0 Å². The van der Waals surface area contributed by atoms with E-state index in [2.05, 4.69) is 9.84 Å². The Hall–Kier alpha value is -1.36. The van der Waals surface area contributed by atoms with E-state index in [-0.39, 0.29) is 10.9 Å². The molecule has 2 heterocycles. The van der Waals surface area contributed by atoms with Gasteiger partial charge >= 0.3 is 6.61 Å². The molecule has 0 fully saturated rings. The van der Waals surface area contributed by atoms with Gasteiger partial charge in [0.25, 0.3) is 0 Å². The molecule has 0 unspecified atom stereocenters. The third-order valence-electron chi connectivity index (χ3n) is 1.68. The average molecular weight is 219 g/mol. The zero-order valence-electron chi connectivity index (χ0n) is 6.82. The molecule has 2 aromatic rings. The number of alkyl halides is 2. The van der Waals surface area contributed by atoms with Crippen LogP contribution in [0.15, 0.2) is 24.4 Å². The van der Waals surface area contributed by atoms with Crippen molar-refractivity contribution >= 4 is 17.1 Å². The van der Waals surface area contributed by atoms with Crippen molar-refractivity contribution in [2.75, 3.05) is 0 Å². The monoisotopic (exact) mass is 218 g/mol. The highest BCUT2D eigenvalue weighted by Gasteiger charge is 2.11. The number of halogens is 3. The lowest BCUT2D eigenvalue weighted by molar-refractivity contribution is -0.0500. The molecule has 0 saturated carbocycles. The number of hydrogen-bond donors (Lipinski definition) is 0. The maximum atomic E-state index is 11.9. The number of ether oxygens (including phenoxy) is 1. The van der Waals surface area contributed by atoms with Gasteiger partial charge in [-0.3, -0.25) is 0 Å². The van der Waals surface area contributed by atoms with Crippen molar-refractivity contribution in [3.8, 4) is 5.75 Å². The summed E-state index contributed by atoms with van der Waals surface area (Å²) in [6, 6.07) is 4.68. The van der Waals surface area contributed by atoms with Crippen molar-refractivity contribution in [2.45, 2.75) is 6.61 Å². The van der Waals surface area contributed by atoms with Crippen molar-refractivity contribution in [1.82, 2.24) is 9.61 Å². The summed E-state index contributed by atoms with van der Waals surface area (Å²) in [5.74, 6) is -0.0853. The molecule has 14 heavy (non-hydrogen) atoms. The van der Waals surface area contributed by atoms with E-state index in [9.17, 15) is 8.78 Å². The number of hydrogen-bond acceptors (Lipinski definition) is 2. The van der Waals surface area contributed by atoms with Gasteiger partial charge in [-0.15, -0.1) is 0 Å². The van der Waals surface area contributed by atoms with Crippen LogP contribution in [0.3, 0.4) is 0 Å². The van der Waals surface area contributed by atoms with Crippen molar-refractivity contribution in [2.24, 2.45) is 0 Å². The molecule has 0 aliphatic carbocycles. The van der Waals surface area contributed by atoms with Gasteiger partial charge in [-0.2, -0.15) is 13.9 Å². The SMILES string of the molecule is FC(F)Oc1ccc2ccnn2c1Cl. The lowest BCUT2D eigenvalue weighted by Gasteiger charge is -2.06. The molecule has 0 amide bonds. The lowest BCUT2D eigenvalue weighted by atomic mass is 10.4. The van der Waals surface area contributed by atoms with E-state index in [0.29, 0.717) is 0 Å². The highest BCUT2D eigenvalue weighted by Crippen LogP contribution is 2.26. The normalized spacial score (nSPS) is 11.1. The fourth-order valence-electron chi connectivity index (χ4n) is 1.12. The summed E-state index contributed by atoms with van der Waals surface area (Å²) in [5.41, 5.74) is 0.719. The van der Waals surface area contributed by atoms with Crippen molar-refractivity contribution in [3.05, 3.63) is 29.5 Å². The first-order chi connectivity index (χ1) is 6.68. The summed E-state index contributed by atoms with van der Waals surface area (Å²) >= 11 is 5.77. The number of aromatic nitrogens is 2. The first-order valence-electron chi connectivity index (χ1n) is 3.75. The van der Waals surface area contributed by atoms with Gasteiger partial charge in [0.05, 0.1) is 11.7 Å². The average Bonchev–Trinajstić information content (AvgIpc) is 2.57. The van der Waals surface area contributed by atoms with Crippen LogP contribution in [0.5, 0.6) is 5.75 Å². The number of pyridine rings is 1. The van der Waals surface area contributed by atoms with Crippen LogP contribution in [0.25, 0.3) is 5.52 Å². The van der Waals surface area contributed by atoms with Crippen LogP contribution in [0.2, 0.25) is 5.15 Å². The van der Waals surface area contributed by atoms with Gasteiger partial charge in [0.1, 0.15) is 0 Å². The molecule has 0 bridgehead atoms. The molecule has 0 aliphatic rings. The fourth-order valence-corrected chi connectivity index (χ4v) is 1.37. The van der Waals surface area contributed by atoms with E-state index < -0.39 is 6.61 Å². The zero-order valence-corrected chi connectivity index (χ0v) is 7.58. The van der Waals surface area contributed by atoms with E-state index in [4.69, 9.17) is 11.6 Å². The number of nitrogens with zero attached hydrogens (tertiary/aromatic N) is 2. The fraction of sp³-hybridized carbons (Fsp3) is 0.125. The van der Waals surface area contributed by atoms with Crippen LogP contribution in [-0.2, 0) is 0 Å². The summed E-state index contributed by atoms with van der Waals surface area (Å²) < 4.78 is 29.3.